The number of nitrogens with zero attached hydrogens (tertiary/aromatic N) is 1. The quantitative estimate of drug-likeness (QED) is 0.778. The molecule has 0 unspecified atom stereocenters. The van der Waals surface area contributed by atoms with Crippen LogP contribution < -0.4 is 5.32 Å². The fourth-order valence-corrected chi connectivity index (χ4v) is 1.56. The standard InChI is InChI=1S/C12H20N2O/c1-4-11(9-15-3)14-10(2)12-7-5-6-8-13-12/h5-8,10-11,14H,4,9H2,1-3H3/t10-,11-/m0/s1. The molecule has 0 aromatic carbocycles. The molecule has 1 rings (SSSR count). The van der Waals surface area contributed by atoms with Crippen LogP contribution in [0.1, 0.15) is 32.0 Å². The van der Waals surface area contributed by atoms with Gasteiger partial charge in [-0.25, -0.2) is 0 Å². The first-order valence-corrected chi connectivity index (χ1v) is 5.43. The maximum absolute atomic E-state index is 5.15. The van der Waals surface area contributed by atoms with Crippen LogP contribution in [0.5, 0.6) is 0 Å². The Morgan fingerprint density at radius 1 is 1.47 bits per heavy atom. The van der Waals surface area contributed by atoms with E-state index >= 15 is 0 Å². The van der Waals surface area contributed by atoms with Gasteiger partial charge in [-0.15, -0.1) is 0 Å². The molecule has 1 aromatic rings. The van der Waals surface area contributed by atoms with Gasteiger partial charge in [0.25, 0.3) is 0 Å². The second-order valence-corrected chi connectivity index (χ2v) is 3.70. The van der Waals surface area contributed by atoms with E-state index in [0.29, 0.717) is 6.04 Å². The number of aromatic nitrogens is 1. The smallest absolute Gasteiger partial charge is 0.0615 e. The van der Waals surface area contributed by atoms with E-state index < -0.39 is 0 Å². The number of pyridine rings is 1. The molecule has 0 aliphatic heterocycles. The summed E-state index contributed by atoms with van der Waals surface area (Å²) in [6.07, 6.45) is 2.88. The minimum atomic E-state index is 0.270. The fourth-order valence-electron chi connectivity index (χ4n) is 1.56. The highest BCUT2D eigenvalue weighted by atomic mass is 16.5. The summed E-state index contributed by atoms with van der Waals surface area (Å²) in [6, 6.07) is 6.65. The van der Waals surface area contributed by atoms with Crippen molar-refractivity contribution in [2.45, 2.75) is 32.4 Å². The van der Waals surface area contributed by atoms with Crippen molar-refractivity contribution < 1.29 is 4.74 Å². The van der Waals surface area contributed by atoms with E-state index in [0.717, 1.165) is 18.7 Å². The van der Waals surface area contributed by atoms with Gasteiger partial charge in [-0.3, -0.25) is 4.98 Å². The molecule has 2 atom stereocenters. The predicted octanol–water partition coefficient (Wildman–Crippen LogP) is 2.16. The van der Waals surface area contributed by atoms with Crippen LogP contribution in [0.25, 0.3) is 0 Å². The lowest BCUT2D eigenvalue weighted by atomic mass is 10.1. The molecule has 1 aromatic heterocycles. The Bertz CT molecular complexity index is 264. The Labute approximate surface area is 91.9 Å². The molecule has 84 valence electrons. The highest BCUT2D eigenvalue weighted by Crippen LogP contribution is 2.09. The zero-order valence-corrected chi connectivity index (χ0v) is 9.73. The van der Waals surface area contributed by atoms with Gasteiger partial charge in [0, 0.05) is 25.4 Å². The molecular weight excluding hydrogens is 188 g/mol. The highest BCUT2D eigenvalue weighted by molar-refractivity contribution is 5.07. The van der Waals surface area contributed by atoms with Gasteiger partial charge in [0.05, 0.1) is 12.3 Å². The van der Waals surface area contributed by atoms with Gasteiger partial charge in [-0.2, -0.15) is 0 Å². The zero-order chi connectivity index (χ0) is 11.1. The number of methoxy groups -OCH3 is 1. The van der Waals surface area contributed by atoms with Crippen molar-refractivity contribution >= 4 is 0 Å². The van der Waals surface area contributed by atoms with Crippen molar-refractivity contribution in [2.24, 2.45) is 0 Å². The molecule has 1 heterocycles. The highest BCUT2D eigenvalue weighted by Gasteiger charge is 2.11. The lowest BCUT2D eigenvalue weighted by Gasteiger charge is -2.21. The van der Waals surface area contributed by atoms with E-state index in [1.165, 1.54) is 0 Å². The second-order valence-electron chi connectivity index (χ2n) is 3.70. The van der Waals surface area contributed by atoms with Crippen molar-refractivity contribution in [1.82, 2.24) is 10.3 Å². The maximum atomic E-state index is 5.15. The normalized spacial score (nSPS) is 14.9. The molecule has 15 heavy (non-hydrogen) atoms. The number of ether oxygens (including phenoxy) is 1. The topological polar surface area (TPSA) is 34.1 Å². The van der Waals surface area contributed by atoms with Gasteiger partial charge in [-0.05, 0) is 25.5 Å². The molecule has 0 amide bonds. The lowest BCUT2D eigenvalue weighted by Crippen LogP contribution is -2.34. The average Bonchev–Trinajstić information content (AvgIpc) is 2.29. The van der Waals surface area contributed by atoms with Gasteiger partial charge in [-0.1, -0.05) is 13.0 Å². The number of nitrogens with one attached hydrogen (secondary N) is 1. The summed E-state index contributed by atoms with van der Waals surface area (Å²) in [7, 11) is 1.73. The van der Waals surface area contributed by atoms with Crippen LogP contribution in [-0.4, -0.2) is 24.7 Å². The van der Waals surface area contributed by atoms with Crippen molar-refractivity contribution in [3.8, 4) is 0 Å². The molecule has 0 saturated carbocycles. The molecule has 0 spiro atoms. The van der Waals surface area contributed by atoms with Crippen molar-refractivity contribution in [3.63, 3.8) is 0 Å². The summed E-state index contributed by atoms with van der Waals surface area (Å²) in [6.45, 7) is 5.02. The molecule has 0 saturated heterocycles. The molecule has 0 bridgehead atoms. The monoisotopic (exact) mass is 208 g/mol. The first kappa shape index (κ1) is 12.1. The number of hydrogen-bond donors (Lipinski definition) is 1. The van der Waals surface area contributed by atoms with E-state index in [1.807, 2.05) is 24.4 Å². The third-order valence-corrected chi connectivity index (χ3v) is 2.48. The van der Waals surface area contributed by atoms with E-state index in [-0.39, 0.29) is 6.04 Å². The minimum absolute atomic E-state index is 0.270. The summed E-state index contributed by atoms with van der Waals surface area (Å²) < 4.78 is 5.15. The fraction of sp³-hybridized carbons (Fsp3) is 0.583. The van der Waals surface area contributed by atoms with E-state index in [9.17, 15) is 0 Å². The van der Waals surface area contributed by atoms with Crippen LogP contribution >= 0.6 is 0 Å². The number of hydrogen-bond acceptors (Lipinski definition) is 3. The van der Waals surface area contributed by atoms with Crippen LogP contribution in [0.4, 0.5) is 0 Å². The minimum Gasteiger partial charge on any atom is -0.383 e. The van der Waals surface area contributed by atoms with Gasteiger partial charge in [0.15, 0.2) is 0 Å². The molecule has 0 aliphatic rings. The van der Waals surface area contributed by atoms with Crippen LogP contribution in [0.15, 0.2) is 24.4 Å². The predicted molar refractivity (Wildman–Crippen MR) is 61.7 cm³/mol. The largest absolute Gasteiger partial charge is 0.383 e. The Balaban J connectivity index is 2.50. The molecular formula is C12H20N2O. The summed E-state index contributed by atoms with van der Waals surface area (Å²) in [5.74, 6) is 0. The maximum Gasteiger partial charge on any atom is 0.0615 e. The third kappa shape index (κ3) is 3.98. The van der Waals surface area contributed by atoms with Crippen LogP contribution in [0.3, 0.4) is 0 Å². The van der Waals surface area contributed by atoms with Gasteiger partial charge in [0.1, 0.15) is 0 Å². The third-order valence-electron chi connectivity index (χ3n) is 2.48. The first-order valence-electron chi connectivity index (χ1n) is 5.43. The average molecular weight is 208 g/mol. The molecule has 0 radical (unpaired) electrons. The number of rotatable bonds is 6. The SMILES string of the molecule is CC[C@@H](COC)N[C@@H](C)c1ccccn1. The summed E-state index contributed by atoms with van der Waals surface area (Å²) in [4.78, 5) is 4.32. The zero-order valence-electron chi connectivity index (χ0n) is 9.73. The molecule has 1 N–H and O–H groups in total. The van der Waals surface area contributed by atoms with Gasteiger partial charge < -0.3 is 10.1 Å². The molecule has 0 aliphatic carbocycles. The lowest BCUT2D eigenvalue weighted by molar-refractivity contribution is 0.159. The van der Waals surface area contributed by atoms with E-state index in [1.54, 1.807) is 7.11 Å². The molecule has 3 nitrogen and oxygen atoms in total. The van der Waals surface area contributed by atoms with Crippen molar-refractivity contribution in [3.05, 3.63) is 30.1 Å². The summed E-state index contributed by atoms with van der Waals surface area (Å²) in [5, 5.41) is 3.50. The van der Waals surface area contributed by atoms with E-state index in [2.05, 4.69) is 24.1 Å². The van der Waals surface area contributed by atoms with Crippen LogP contribution in [-0.2, 0) is 4.74 Å². The Kier molecular flexibility index (Phi) is 5.29. The Morgan fingerprint density at radius 2 is 2.27 bits per heavy atom. The van der Waals surface area contributed by atoms with Crippen molar-refractivity contribution in [2.75, 3.05) is 13.7 Å². The Morgan fingerprint density at radius 3 is 2.80 bits per heavy atom. The van der Waals surface area contributed by atoms with E-state index in [4.69, 9.17) is 4.74 Å². The summed E-state index contributed by atoms with van der Waals surface area (Å²) in [5.41, 5.74) is 1.08. The second kappa shape index (κ2) is 6.53. The van der Waals surface area contributed by atoms with Crippen molar-refractivity contribution in [1.29, 1.82) is 0 Å². The van der Waals surface area contributed by atoms with Gasteiger partial charge >= 0.3 is 0 Å². The van der Waals surface area contributed by atoms with Gasteiger partial charge in [0.2, 0.25) is 0 Å². The molecule has 3 heteroatoms. The molecule has 0 fully saturated rings. The first-order chi connectivity index (χ1) is 7.27. The van der Waals surface area contributed by atoms with Crippen LogP contribution in [0, 0.1) is 0 Å². The summed E-state index contributed by atoms with van der Waals surface area (Å²) >= 11 is 0. The Hall–Kier alpha value is -0.930. The van der Waals surface area contributed by atoms with Crippen LogP contribution in [0.2, 0.25) is 0 Å².